The maximum absolute atomic E-state index is 11.7. The van der Waals surface area contributed by atoms with Gasteiger partial charge in [0.2, 0.25) is 10.0 Å². The molecular weight excluding hydrogens is 454 g/mol. The van der Waals surface area contributed by atoms with Gasteiger partial charge in [-0.2, -0.15) is 0 Å². The molecule has 0 unspecified atom stereocenters. The molecule has 2 saturated heterocycles. The molecule has 11 heteroatoms. The van der Waals surface area contributed by atoms with Crippen LogP contribution in [0.15, 0.2) is 30.5 Å². The molecule has 1 amide bonds. The van der Waals surface area contributed by atoms with Crippen molar-refractivity contribution in [2.75, 3.05) is 25.9 Å². The van der Waals surface area contributed by atoms with Crippen molar-refractivity contribution in [1.29, 1.82) is 0 Å². The van der Waals surface area contributed by atoms with E-state index in [1.807, 2.05) is 30.5 Å². The van der Waals surface area contributed by atoms with Crippen LogP contribution in [0.2, 0.25) is 0 Å². The minimum absolute atomic E-state index is 0. The monoisotopic (exact) mass is 483 g/mol. The number of rotatable bonds is 6. The van der Waals surface area contributed by atoms with Gasteiger partial charge in [0.1, 0.15) is 12.4 Å². The Hall–Kier alpha value is -2.14. The van der Waals surface area contributed by atoms with Crippen LogP contribution in [0.5, 0.6) is 0 Å². The topological polar surface area (TPSA) is 130 Å². The third kappa shape index (κ3) is 5.80. The number of carbonyl (C=O) groups excluding carboxylic acids is 1. The van der Waals surface area contributed by atoms with Crippen LogP contribution in [0, 0.1) is 11.8 Å². The molecule has 32 heavy (non-hydrogen) atoms. The number of hydrogen-bond acceptors (Lipinski definition) is 6. The number of sulfonamides is 1. The van der Waals surface area contributed by atoms with Crippen molar-refractivity contribution in [2.45, 2.75) is 31.9 Å². The van der Waals surface area contributed by atoms with Gasteiger partial charge in [-0.3, -0.25) is 0 Å². The first-order valence-electron chi connectivity index (χ1n) is 10.5. The SMILES string of the molecule is CS(=O)(=O)N1CCC([C@@H]2CN[C@H](c3ncc(-c4ccc(COC(N)=O)cc4)[nH]3)C2)CC1.Cl. The quantitative estimate of drug-likeness (QED) is 0.578. The van der Waals surface area contributed by atoms with Crippen LogP contribution in [0.25, 0.3) is 11.3 Å². The molecule has 0 spiro atoms. The van der Waals surface area contributed by atoms with E-state index >= 15 is 0 Å². The minimum atomic E-state index is -3.08. The van der Waals surface area contributed by atoms with Crippen LogP contribution in [0.4, 0.5) is 4.79 Å². The van der Waals surface area contributed by atoms with Crippen molar-refractivity contribution < 1.29 is 17.9 Å². The van der Waals surface area contributed by atoms with E-state index in [1.54, 1.807) is 4.31 Å². The summed E-state index contributed by atoms with van der Waals surface area (Å²) in [6.45, 7) is 2.32. The molecule has 0 radical (unpaired) electrons. The molecule has 2 fully saturated rings. The number of aromatic amines is 1. The summed E-state index contributed by atoms with van der Waals surface area (Å²) in [6, 6.07) is 7.88. The third-order valence-electron chi connectivity index (χ3n) is 6.37. The maximum atomic E-state index is 11.7. The summed E-state index contributed by atoms with van der Waals surface area (Å²) in [5.41, 5.74) is 7.80. The van der Waals surface area contributed by atoms with Crippen molar-refractivity contribution in [1.82, 2.24) is 19.6 Å². The average molecular weight is 484 g/mol. The zero-order valence-electron chi connectivity index (χ0n) is 18.0. The number of hydrogen-bond donors (Lipinski definition) is 3. The maximum Gasteiger partial charge on any atom is 0.404 e. The van der Waals surface area contributed by atoms with Crippen LogP contribution in [0.3, 0.4) is 0 Å². The number of halogens is 1. The highest BCUT2D eigenvalue weighted by Gasteiger charge is 2.35. The summed E-state index contributed by atoms with van der Waals surface area (Å²) >= 11 is 0. The van der Waals surface area contributed by atoms with E-state index in [-0.39, 0.29) is 25.1 Å². The van der Waals surface area contributed by atoms with Gasteiger partial charge in [-0.15, -0.1) is 12.4 Å². The molecule has 1 aromatic heterocycles. The van der Waals surface area contributed by atoms with Gasteiger partial charge >= 0.3 is 6.09 Å². The van der Waals surface area contributed by atoms with Crippen LogP contribution >= 0.6 is 12.4 Å². The lowest BCUT2D eigenvalue weighted by molar-refractivity contribution is 0.150. The highest BCUT2D eigenvalue weighted by molar-refractivity contribution is 7.88. The third-order valence-corrected chi connectivity index (χ3v) is 7.67. The summed E-state index contributed by atoms with van der Waals surface area (Å²) in [7, 11) is -3.08. The summed E-state index contributed by atoms with van der Waals surface area (Å²) in [5, 5.41) is 3.58. The Morgan fingerprint density at radius 2 is 1.91 bits per heavy atom. The van der Waals surface area contributed by atoms with Crippen LogP contribution < -0.4 is 11.1 Å². The molecule has 0 saturated carbocycles. The lowest BCUT2D eigenvalue weighted by Gasteiger charge is -2.33. The number of primary amides is 1. The van der Waals surface area contributed by atoms with E-state index in [4.69, 9.17) is 10.5 Å². The van der Waals surface area contributed by atoms with Crippen LogP contribution in [-0.2, 0) is 21.4 Å². The first-order chi connectivity index (χ1) is 14.8. The standard InChI is InChI=1S/C21H29N5O4S.ClH/c1-31(28,29)26-8-6-15(7-9-26)17-10-18(23-11-17)20-24-12-19(25-20)16-4-2-14(3-5-16)13-30-21(22)27;/h2-5,12,15,17-18,23H,6-11,13H2,1H3,(H2,22,27)(H,24,25);1H/t17-,18-;/m0./s1. The van der Waals surface area contributed by atoms with Crippen molar-refractivity contribution in [3.63, 3.8) is 0 Å². The summed E-state index contributed by atoms with van der Waals surface area (Å²) in [4.78, 5) is 18.7. The lowest BCUT2D eigenvalue weighted by atomic mass is 9.83. The number of aromatic nitrogens is 2. The Morgan fingerprint density at radius 3 is 2.53 bits per heavy atom. The molecule has 0 aliphatic carbocycles. The number of nitrogens with one attached hydrogen (secondary N) is 2. The number of benzene rings is 1. The first kappa shape index (κ1) is 24.5. The average Bonchev–Trinajstić information content (AvgIpc) is 3.42. The number of carbonyl (C=O) groups is 1. The Kier molecular flexibility index (Phi) is 7.81. The van der Waals surface area contributed by atoms with Gasteiger partial charge in [0.25, 0.3) is 0 Å². The van der Waals surface area contributed by atoms with Gasteiger partial charge in [0.05, 0.1) is 24.2 Å². The highest BCUT2D eigenvalue weighted by Crippen LogP contribution is 2.36. The molecular formula is C21H30ClN5O4S. The number of ether oxygens (including phenoxy) is 1. The number of amides is 1. The molecule has 0 bridgehead atoms. The van der Waals surface area contributed by atoms with E-state index in [0.717, 1.165) is 48.5 Å². The fraction of sp³-hybridized carbons (Fsp3) is 0.524. The number of H-pyrrole nitrogens is 1. The Balaban J connectivity index is 0.00000289. The van der Waals surface area contributed by atoms with Crippen LogP contribution in [0.1, 0.15) is 36.7 Å². The minimum Gasteiger partial charge on any atom is -0.445 e. The van der Waals surface area contributed by atoms with Crippen LogP contribution in [-0.4, -0.2) is 54.7 Å². The van der Waals surface area contributed by atoms with Gasteiger partial charge in [-0.25, -0.2) is 22.5 Å². The van der Waals surface area contributed by atoms with E-state index in [1.165, 1.54) is 6.26 Å². The van der Waals surface area contributed by atoms with Crippen molar-refractivity contribution >= 4 is 28.5 Å². The van der Waals surface area contributed by atoms with Crippen molar-refractivity contribution in [2.24, 2.45) is 17.6 Å². The molecule has 2 atom stereocenters. The molecule has 9 nitrogen and oxygen atoms in total. The predicted octanol–water partition coefficient (Wildman–Crippen LogP) is 2.42. The molecule has 4 N–H and O–H groups in total. The molecule has 176 valence electrons. The second-order valence-corrected chi connectivity index (χ2v) is 10.4. The predicted molar refractivity (Wildman–Crippen MR) is 124 cm³/mol. The molecule has 2 aromatic rings. The Bertz CT molecular complexity index is 1020. The van der Waals surface area contributed by atoms with Crippen molar-refractivity contribution in [3.8, 4) is 11.3 Å². The largest absolute Gasteiger partial charge is 0.445 e. The number of piperidine rings is 1. The lowest BCUT2D eigenvalue weighted by Crippen LogP contribution is -2.39. The number of nitrogens with two attached hydrogens (primary N) is 1. The highest BCUT2D eigenvalue weighted by atomic mass is 35.5. The molecule has 3 heterocycles. The van der Waals surface area contributed by atoms with Crippen molar-refractivity contribution in [3.05, 3.63) is 41.9 Å². The van der Waals surface area contributed by atoms with Gasteiger partial charge in [0.15, 0.2) is 0 Å². The van der Waals surface area contributed by atoms with E-state index in [2.05, 4.69) is 15.3 Å². The van der Waals surface area contributed by atoms with E-state index in [9.17, 15) is 13.2 Å². The van der Waals surface area contributed by atoms with Gasteiger partial charge in [-0.05, 0) is 48.8 Å². The summed E-state index contributed by atoms with van der Waals surface area (Å²) < 4.78 is 29.8. The fourth-order valence-electron chi connectivity index (χ4n) is 4.60. The molecule has 2 aliphatic heterocycles. The molecule has 2 aliphatic rings. The number of imidazole rings is 1. The smallest absolute Gasteiger partial charge is 0.404 e. The summed E-state index contributed by atoms with van der Waals surface area (Å²) in [6.07, 6.45) is 5.18. The van der Waals surface area contributed by atoms with E-state index in [0.29, 0.717) is 24.9 Å². The fourth-order valence-corrected chi connectivity index (χ4v) is 5.48. The summed E-state index contributed by atoms with van der Waals surface area (Å²) in [5.74, 6) is 2.00. The number of nitrogens with zero attached hydrogens (tertiary/aromatic N) is 2. The Morgan fingerprint density at radius 1 is 1.22 bits per heavy atom. The zero-order valence-corrected chi connectivity index (χ0v) is 19.6. The molecule has 1 aromatic carbocycles. The first-order valence-corrected chi connectivity index (χ1v) is 12.4. The Labute approximate surface area is 194 Å². The van der Waals surface area contributed by atoms with Gasteiger partial charge in [0, 0.05) is 13.1 Å². The zero-order chi connectivity index (χ0) is 22.0. The second kappa shape index (κ2) is 10.2. The van der Waals surface area contributed by atoms with E-state index < -0.39 is 16.1 Å². The second-order valence-electron chi connectivity index (χ2n) is 8.44. The van der Waals surface area contributed by atoms with Gasteiger partial charge < -0.3 is 20.8 Å². The normalized spacial score (nSPS) is 22.4. The van der Waals surface area contributed by atoms with Gasteiger partial charge in [-0.1, -0.05) is 24.3 Å². The molecule has 4 rings (SSSR count).